The lowest BCUT2D eigenvalue weighted by Gasteiger charge is -2.17. The van der Waals surface area contributed by atoms with Gasteiger partial charge < -0.3 is 15.2 Å². The predicted octanol–water partition coefficient (Wildman–Crippen LogP) is 2.67. The molecule has 2 rings (SSSR count). The van der Waals surface area contributed by atoms with Gasteiger partial charge in [0, 0.05) is 12.1 Å². The molecular formula is C19H19NO5. The predicted molar refractivity (Wildman–Crippen MR) is 91.8 cm³/mol. The Morgan fingerprint density at radius 3 is 2.28 bits per heavy atom. The number of benzene rings is 2. The Morgan fingerprint density at radius 1 is 1.12 bits per heavy atom. The van der Waals surface area contributed by atoms with Gasteiger partial charge in [0.25, 0.3) is 5.91 Å². The summed E-state index contributed by atoms with van der Waals surface area (Å²) in [4.78, 5) is 33.7. The van der Waals surface area contributed by atoms with Crippen LogP contribution < -0.4 is 10.1 Å². The molecule has 130 valence electrons. The maximum absolute atomic E-state index is 12.3. The number of ether oxygens (including phenoxy) is 1. The second-order valence-electron chi connectivity index (χ2n) is 5.42. The lowest BCUT2D eigenvalue weighted by molar-refractivity contribution is -0.128. The van der Waals surface area contributed by atoms with E-state index in [-0.39, 0.29) is 18.0 Å². The highest BCUT2D eigenvalue weighted by Gasteiger charge is 2.18. The Labute approximate surface area is 145 Å². The quantitative estimate of drug-likeness (QED) is 0.720. The maximum atomic E-state index is 12.3. The number of rotatable bonds is 8. The van der Waals surface area contributed by atoms with Crippen LogP contribution in [0.25, 0.3) is 0 Å². The van der Waals surface area contributed by atoms with Crippen molar-refractivity contribution < 1.29 is 24.2 Å². The Morgan fingerprint density at radius 2 is 1.76 bits per heavy atom. The maximum Gasteiger partial charge on any atom is 0.335 e. The van der Waals surface area contributed by atoms with Crippen molar-refractivity contribution in [2.45, 2.75) is 26.0 Å². The summed E-state index contributed by atoms with van der Waals surface area (Å²) in [7, 11) is 0. The zero-order valence-corrected chi connectivity index (χ0v) is 13.8. The molecule has 2 aromatic rings. The first-order chi connectivity index (χ1) is 12.0. The Balaban J connectivity index is 1.92. The van der Waals surface area contributed by atoms with Crippen molar-refractivity contribution in [1.29, 1.82) is 0 Å². The third kappa shape index (κ3) is 5.17. The first-order valence-corrected chi connectivity index (χ1v) is 7.85. The van der Waals surface area contributed by atoms with E-state index in [1.807, 2.05) is 6.92 Å². The first-order valence-electron chi connectivity index (χ1n) is 7.85. The zero-order valence-electron chi connectivity index (χ0n) is 13.8. The monoisotopic (exact) mass is 341 g/mol. The van der Waals surface area contributed by atoms with Crippen molar-refractivity contribution in [3.63, 3.8) is 0 Å². The third-order valence-electron chi connectivity index (χ3n) is 3.63. The summed E-state index contributed by atoms with van der Waals surface area (Å²) in [6.45, 7) is 2.12. The number of carboxylic acid groups (broad SMARTS) is 1. The molecule has 0 saturated carbocycles. The molecule has 0 aliphatic carbocycles. The van der Waals surface area contributed by atoms with E-state index in [9.17, 15) is 14.4 Å². The highest BCUT2D eigenvalue weighted by molar-refractivity contribution is 5.87. The van der Waals surface area contributed by atoms with Crippen LogP contribution in [0.2, 0.25) is 0 Å². The minimum absolute atomic E-state index is 0.198. The van der Waals surface area contributed by atoms with E-state index in [0.29, 0.717) is 17.7 Å². The van der Waals surface area contributed by atoms with E-state index in [0.717, 1.165) is 11.8 Å². The number of hydrogen-bond donors (Lipinski definition) is 2. The minimum atomic E-state index is -0.990. The number of aromatic carboxylic acids is 1. The molecule has 0 aliphatic rings. The van der Waals surface area contributed by atoms with E-state index in [1.54, 1.807) is 36.4 Å². The largest absolute Gasteiger partial charge is 0.481 e. The molecule has 0 radical (unpaired) electrons. The number of nitrogens with one attached hydrogen (secondary N) is 1. The Hall–Kier alpha value is -3.15. The van der Waals surface area contributed by atoms with Crippen molar-refractivity contribution in [3.8, 4) is 5.75 Å². The van der Waals surface area contributed by atoms with E-state index in [2.05, 4.69) is 5.32 Å². The number of carboxylic acids is 1. The lowest BCUT2D eigenvalue weighted by atomic mass is 10.1. The molecule has 6 heteroatoms. The number of carbonyl (C=O) groups is 3. The molecule has 1 unspecified atom stereocenters. The van der Waals surface area contributed by atoms with Gasteiger partial charge in [-0.15, -0.1) is 0 Å². The molecule has 0 aromatic heterocycles. The van der Waals surface area contributed by atoms with Gasteiger partial charge in [-0.05, 0) is 48.4 Å². The van der Waals surface area contributed by atoms with Gasteiger partial charge in [-0.2, -0.15) is 0 Å². The number of aldehydes is 1. The first kappa shape index (κ1) is 18.2. The highest BCUT2D eigenvalue weighted by atomic mass is 16.5. The van der Waals surface area contributed by atoms with Gasteiger partial charge in [-0.25, -0.2) is 4.79 Å². The zero-order chi connectivity index (χ0) is 18.2. The van der Waals surface area contributed by atoms with E-state index >= 15 is 0 Å². The smallest absolute Gasteiger partial charge is 0.335 e. The summed E-state index contributed by atoms with van der Waals surface area (Å²) in [5.74, 6) is -0.738. The molecule has 1 amide bonds. The molecule has 1 atom stereocenters. The lowest BCUT2D eigenvalue weighted by Crippen LogP contribution is -2.37. The van der Waals surface area contributed by atoms with E-state index < -0.39 is 12.1 Å². The number of amides is 1. The van der Waals surface area contributed by atoms with Crippen LogP contribution in [0.4, 0.5) is 0 Å². The van der Waals surface area contributed by atoms with E-state index in [4.69, 9.17) is 9.84 Å². The van der Waals surface area contributed by atoms with Crippen LogP contribution >= 0.6 is 0 Å². The van der Waals surface area contributed by atoms with Gasteiger partial charge >= 0.3 is 5.97 Å². The summed E-state index contributed by atoms with van der Waals surface area (Å²) in [5.41, 5.74) is 1.53. The van der Waals surface area contributed by atoms with Crippen molar-refractivity contribution in [2.24, 2.45) is 0 Å². The second-order valence-corrected chi connectivity index (χ2v) is 5.42. The third-order valence-corrected chi connectivity index (χ3v) is 3.63. The number of carbonyl (C=O) groups excluding carboxylic acids is 2. The van der Waals surface area contributed by atoms with Crippen molar-refractivity contribution in [1.82, 2.24) is 5.32 Å². The summed E-state index contributed by atoms with van der Waals surface area (Å²) >= 11 is 0. The average Bonchev–Trinajstić information content (AvgIpc) is 2.65. The van der Waals surface area contributed by atoms with Crippen LogP contribution in [-0.4, -0.2) is 29.4 Å². The number of hydrogen-bond acceptors (Lipinski definition) is 4. The molecule has 25 heavy (non-hydrogen) atoms. The van der Waals surface area contributed by atoms with E-state index in [1.165, 1.54) is 12.1 Å². The van der Waals surface area contributed by atoms with Crippen LogP contribution in [-0.2, 0) is 11.3 Å². The molecule has 2 aromatic carbocycles. The van der Waals surface area contributed by atoms with Crippen LogP contribution in [0.1, 0.15) is 39.6 Å². The van der Waals surface area contributed by atoms with Gasteiger partial charge in [0.15, 0.2) is 6.10 Å². The van der Waals surface area contributed by atoms with Gasteiger partial charge in [-0.1, -0.05) is 19.1 Å². The summed E-state index contributed by atoms with van der Waals surface area (Å²) in [5, 5.41) is 11.6. The average molecular weight is 341 g/mol. The van der Waals surface area contributed by atoms with Gasteiger partial charge in [0.1, 0.15) is 12.0 Å². The molecule has 6 nitrogen and oxygen atoms in total. The standard InChI is InChI=1S/C19H19NO5/c1-2-17(25-16-9-5-14(12-21)6-10-16)18(22)20-11-13-3-7-15(8-4-13)19(23)24/h3-10,12,17H,2,11H2,1H3,(H,20,22)(H,23,24). The SMILES string of the molecule is CCC(Oc1ccc(C=O)cc1)C(=O)NCc1ccc(C(=O)O)cc1. The second kappa shape index (κ2) is 8.63. The van der Waals surface area contributed by atoms with Crippen molar-refractivity contribution in [3.05, 3.63) is 65.2 Å². The molecule has 0 heterocycles. The normalized spacial score (nSPS) is 11.4. The van der Waals surface area contributed by atoms with Gasteiger partial charge in [0.05, 0.1) is 5.56 Å². The molecular weight excluding hydrogens is 322 g/mol. The molecule has 0 saturated heterocycles. The van der Waals surface area contributed by atoms with Crippen LogP contribution in [0.5, 0.6) is 5.75 Å². The van der Waals surface area contributed by atoms with Crippen LogP contribution in [0, 0.1) is 0 Å². The topological polar surface area (TPSA) is 92.7 Å². The minimum Gasteiger partial charge on any atom is -0.481 e. The summed E-state index contributed by atoms with van der Waals surface area (Å²) in [6.07, 6.45) is 0.572. The fourth-order valence-corrected chi connectivity index (χ4v) is 2.18. The fraction of sp³-hybridized carbons (Fsp3) is 0.211. The Kier molecular flexibility index (Phi) is 6.28. The molecule has 0 aliphatic heterocycles. The molecule has 2 N–H and O–H groups in total. The van der Waals surface area contributed by atoms with Gasteiger partial charge in [-0.3, -0.25) is 9.59 Å². The molecule has 0 fully saturated rings. The highest BCUT2D eigenvalue weighted by Crippen LogP contribution is 2.14. The summed E-state index contributed by atoms with van der Waals surface area (Å²) in [6, 6.07) is 12.8. The van der Waals surface area contributed by atoms with Crippen molar-refractivity contribution in [2.75, 3.05) is 0 Å². The van der Waals surface area contributed by atoms with Gasteiger partial charge in [0.2, 0.25) is 0 Å². The molecule has 0 spiro atoms. The fourth-order valence-electron chi connectivity index (χ4n) is 2.18. The van der Waals surface area contributed by atoms with Crippen LogP contribution in [0.3, 0.4) is 0 Å². The summed E-state index contributed by atoms with van der Waals surface area (Å²) < 4.78 is 5.66. The Bertz CT molecular complexity index is 737. The van der Waals surface area contributed by atoms with Crippen LogP contribution in [0.15, 0.2) is 48.5 Å². The van der Waals surface area contributed by atoms with Crippen molar-refractivity contribution >= 4 is 18.2 Å². The molecule has 0 bridgehead atoms.